The molecule has 130 valence electrons. The zero-order chi connectivity index (χ0) is 15.3. The number of rotatable bonds is 6. The summed E-state index contributed by atoms with van der Waals surface area (Å²) in [5.74, 6) is 0.249. The molecule has 1 atom stereocenters. The van der Waals surface area contributed by atoms with E-state index in [1.165, 1.54) is 17.1 Å². The molecule has 0 radical (unpaired) electrons. The third-order valence-electron chi connectivity index (χ3n) is 4.46. The Bertz CT molecular complexity index is 444. The number of nitrogens with one attached hydrogen (secondary N) is 2. The molecule has 2 saturated heterocycles. The van der Waals surface area contributed by atoms with Gasteiger partial charge in [-0.1, -0.05) is 0 Å². The van der Waals surface area contributed by atoms with Crippen LogP contribution in [0.3, 0.4) is 0 Å². The molecule has 0 aromatic heterocycles. The molecule has 0 saturated carbocycles. The van der Waals surface area contributed by atoms with Crippen molar-refractivity contribution in [3.63, 3.8) is 0 Å². The average Bonchev–Trinajstić information content (AvgIpc) is 2.99. The molecule has 6 nitrogen and oxygen atoms in total. The second kappa shape index (κ2) is 9.05. The lowest BCUT2D eigenvalue weighted by molar-refractivity contribution is -0.122. The maximum atomic E-state index is 11.9. The van der Waals surface area contributed by atoms with Crippen LogP contribution in [-0.2, 0) is 14.8 Å². The van der Waals surface area contributed by atoms with Crippen molar-refractivity contribution >= 4 is 28.3 Å². The molecular weight excluding hydrogens is 326 g/mol. The molecule has 2 N–H and O–H groups in total. The van der Waals surface area contributed by atoms with Gasteiger partial charge in [-0.15, -0.1) is 12.4 Å². The standard InChI is InChI=1S/C14H27N3O3S.ClH/c1-2-21(19,20)17-10-7-13(8-11-17)16-14(18)6-5-12-4-3-9-15-12;/h12-13,15H,2-11H2,1H3,(H,16,18);1H. The van der Waals surface area contributed by atoms with E-state index in [1.807, 2.05) is 0 Å². The van der Waals surface area contributed by atoms with Crippen molar-refractivity contribution in [2.45, 2.75) is 57.5 Å². The summed E-state index contributed by atoms with van der Waals surface area (Å²) in [6.07, 6.45) is 5.26. The van der Waals surface area contributed by atoms with Crippen LogP contribution in [0.1, 0.15) is 45.4 Å². The molecule has 0 bridgehead atoms. The quantitative estimate of drug-likeness (QED) is 0.742. The summed E-state index contributed by atoms with van der Waals surface area (Å²) in [5.41, 5.74) is 0. The Morgan fingerprint density at radius 3 is 2.50 bits per heavy atom. The Hall–Kier alpha value is -0.370. The summed E-state index contributed by atoms with van der Waals surface area (Å²) in [6.45, 7) is 3.77. The van der Waals surface area contributed by atoms with Crippen LogP contribution in [0.5, 0.6) is 0 Å². The summed E-state index contributed by atoms with van der Waals surface area (Å²) >= 11 is 0. The van der Waals surface area contributed by atoms with Crippen LogP contribution in [0, 0.1) is 0 Å². The third kappa shape index (κ3) is 5.68. The highest BCUT2D eigenvalue weighted by atomic mass is 35.5. The smallest absolute Gasteiger partial charge is 0.220 e. The van der Waals surface area contributed by atoms with Gasteiger partial charge in [0.15, 0.2) is 0 Å². The lowest BCUT2D eigenvalue weighted by atomic mass is 10.1. The van der Waals surface area contributed by atoms with Gasteiger partial charge in [-0.05, 0) is 45.6 Å². The zero-order valence-electron chi connectivity index (χ0n) is 13.2. The first-order valence-corrected chi connectivity index (χ1v) is 9.62. The predicted octanol–water partition coefficient (Wildman–Crippen LogP) is 0.871. The van der Waals surface area contributed by atoms with Crippen molar-refractivity contribution in [3.05, 3.63) is 0 Å². The van der Waals surface area contributed by atoms with E-state index in [2.05, 4.69) is 10.6 Å². The van der Waals surface area contributed by atoms with Gasteiger partial charge in [0.2, 0.25) is 15.9 Å². The molecule has 0 aromatic rings. The van der Waals surface area contributed by atoms with Crippen molar-refractivity contribution in [2.24, 2.45) is 0 Å². The highest BCUT2D eigenvalue weighted by Crippen LogP contribution is 2.15. The molecule has 1 amide bonds. The van der Waals surface area contributed by atoms with E-state index >= 15 is 0 Å². The average molecular weight is 354 g/mol. The van der Waals surface area contributed by atoms with Gasteiger partial charge in [-0.3, -0.25) is 4.79 Å². The van der Waals surface area contributed by atoms with E-state index in [0.29, 0.717) is 38.4 Å². The molecule has 2 aliphatic heterocycles. The highest BCUT2D eigenvalue weighted by molar-refractivity contribution is 7.89. The summed E-state index contributed by atoms with van der Waals surface area (Å²) < 4.78 is 25.1. The lowest BCUT2D eigenvalue weighted by Crippen LogP contribution is -2.47. The summed E-state index contributed by atoms with van der Waals surface area (Å²) in [4.78, 5) is 11.9. The molecule has 2 rings (SSSR count). The van der Waals surface area contributed by atoms with Crippen LogP contribution in [0.15, 0.2) is 0 Å². The third-order valence-corrected chi connectivity index (χ3v) is 6.34. The van der Waals surface area contributed by atoms with Gasteiger partial charge in [-0.2, -0.15) is 0 Å². The first kappa shape index (κ1) is 19.7. The van der Waals surface area contributed by atoms with Gasteiger partial charge in [0, 0.05) is 31.6 Å². The number of carbonyl (C=O) groups excluding carboxylic acids is 1. The predicted molar refractivity (Wildman–Crippen MR) is 89.7 cm³/mol. The van der Waals surface area contributed by atoms with Crippen LogP contribution >= 0.6 is 12.4 Å². The number of halogens is 1. The zero-order valence-corrected chi connectivity index (χ0v) is 14.8. The molecule has 0 spiro atoms. The van der Waals surface area contributed by atoms with Crippen LogP contribution in [-0.4, -0.2) is 56.1 Å². The van der Waals surface area contributed by atoms with E-state index < -0.39 is 10.0 Å². The fraction of sp³-hybridized carbons (Fsp3) is 0.929. The summed E-state index contributed by atoms with van der Waals surface area (Å²) in [5, 5.41) is 6.44. The number of sulfonamides is 1. The molecule has 2 heterocycles. The fourth-order valence-corrected chi connectivity index (χ4v) is 4.20. The maximum Gasteiger partial charge on any atom is 0.220 e. The molecule has 2 fully saturated rings. The first-order valence-electron chi connectivity index (χ1n) is 8.02. The SMILES string of the molecule is CCS(=O)(=O)N1CCC(NC(=O)CCC2CCCN2)CC1.Cl. The van der Waals surface area contributed by atoms with Crippen molar-refractivity contribution in [3.8, 4) is 0 Å². The summed E-state index contributed by atoms with van der Waals surface area (Å²) in [7, 11) is -3.08. The largest absolute Gasteiger partial charge is 0.353 e. The number of carbonyl (C=O) groups is 1. The Morgan fingerprint density at radius 1 is 1.27 bits per heavy atom. The van der Waals surface area contributed by atoms with Crippen LogP contribution in [0.2, 0.25) is 0 Å². The maximum absolute atomic E-state index is 11.9. The summed E-state index contributed by atoms with van der Waals surface area (Å²) in [6, 6.07) is 0.615. The van der Waals surface area contributed by atoms with Crippen molar-refractivity contribution in [1.29, 1.82) is 0 Å². The normalized spacial score (nSPS) is 24.0. The molecule has 1 unspecified atom stereocenters. The van der Waals surface area contributed by atoms with Crippen LogP contribution < -0.4 is 10.6 Å². The van der Waals surface area contributed by atoms with Gasteiger partial charge in [0.1, 0.15) is 0 Å². The molecule has 0 aliphatic carbocycles. The molecular formula is C14H28ClN3O3S. The lowest BCUT2D eigenvalue weighted by Gasteiger charge is -2.31. The van der Waals surface area contributed by atoms with Crippen molar-refractivity contribution in [1.82, 2.24) is 14.9 Å². The fourth-order valence-electron chi connectivity index (χ4n) is 3.07. The number of hydrogen-bond acceptors (Lipinski definition) is 4. The molecule has 2 aliphatic rings. The van der Waals surface area contributed by atoms with Crippen LogP contribution in [0.4, 0.5) is 0 Å². The number of hydrogen-bond donors (Lipinski definition) is 2. The van der Waals surface area contributed by atoms with Crippen LogP contribution in [0.25, 0.3) is 0 Å². The van der Waals surface area contributed by atoms with Crippen molar-refractivity contribution in [2.75, 3.05) is 25.4 Å². The molecule has 22 heavy (non-hydrogen) atoms. The van der Waals surface area contributed by atoms with Crippen molar-refractivity contribution < 1.29 is 13.2 Å². The minimum absolute atomic E-state index is 0. The molecule has 0 aromatic carbocycles. The second-order valence-corrected chi connectivity index (χ2v) is 8.23. The Labute approximate surface area is 139 Å². The van der Waals surface area contributed by atoms with E-state index in [1.54, 1.807) is 6.92 Å². The molecule has 8 heteroatoms. The highest BCUT2D eigenvalue weighted by Gasteiger charge is 2.27. The number of nitrogens with zero attached hydrogens (tertiary/aromatic N) is 1. The van der Waals surface area contributed by atoms with Gasteiger partial charge in [-0.25, -0.2) is 12.7 Å². The van der Waals surface area contributed by atoms with Gasteiger partial charge < -0.3 is 10.6 Å². The second-order valence-electron chi connectivity index (χ2n) is 5.97. The first-order chi connectivity index (χ1) is 10.0. The Balaban J connectivity index is 0.00000242. The van der Waals surface area contributed by atoms with Gasteiger partial charge in [0.25, 0.3) is 0 Å². The van der Waals surface area contributed by atoms with E-state index in [-0.39, 0.29) is 30.1 Å². The van der Waals surface area contributed by atoms with E-state index in [4.69, 9.17) is 0 Å². The van der Waals surface area contributed by atoms with E-state index in [0.717, 1.165) is 13.0 Å². The number of piperidine rings is 1. The minimum Gasteiger partial charge on any atom is -0.353 e. The Kier molecular flexibility index (Phi) is 8.10. The Morgan fingerprint density at radius 2 is 1.95 bits per heavy atom. The topological polar surface area (TPSA) is 78.5 Å². The monoisotopic (exact) mass is 353 g/mol. The van der Waals surface area contributed by atoms with E-state index in [9.17, 15) is 13.2 Å². The van der Waals surface area contributed by atoms with Gasteiger partial charge >= 0.3 is 0 Å². The van der Waals surface area contributed by atoms with Gasteiger partial charge in [0.05, 0.1) is 5.75 Å². The number of amides is 1. The minimum atomic E-state index is -3.08.